The lowest BCUT2D eigenvalue weighted by Crippen LogP contribution is -2.50. The molecule has 142 valence electrons. The summed E-state index contributed by atoms with van der Waals surface area (Å²) in [7, 11) is 0. The van der Waals surface area contributed by atoms with Crippen LogP contribution in [0.4, 0.5) is 10.1 Å². The summed E-state index contributed by atoms with van der Waals surface area (Å²) < 4.78 is 18.5. The number of morpholine rings is 1. The van der Waals surface area contributed by atoms with Crippen molar-refractivity contribution in [2.24, 2.45) is 5.92 Å². The van der Waals surface area contributed by atoms with Crippen LogP contribution in [0.2, 0.25) is 0 Å². The molecule has 0 spiro atoms. The fourth-order valence-electron chi connectivity index (χ4n) is 3.55. The van der Waals surface area contributed by atoms with E-state index in [0.717, 1.165) is 12.8 Å². The van der Waals surface area contributed by atoms with Gasteiger partial charge in [-0.05, 0) is 51.1 Å². The Labute approximate surface area is 153 Å². The van der Waals surface area contributed by atoms with Crippen molar-refractivity contribution in [3.05, 3.63) is 30.1 Å². The molecule has 0 unspecified atom stereocenters. The van der Waals surface area contributed by atoms with E-state index in [0.29, 0.717) is 45.1 Å². The van der Waals surface area contributed by atoms with Crippen LogP contribution in [0.25, 0.3) is 0 Å². The molecule has 0 radical (unpaired) electrons. The average molecular weight is 363 g/mol. The predicted molar refractivity (Wildman–Crippen MR) is 96.2 cm³/mol. The van der Waals surface area contributed by atoms with Crippen LogP contribution in [0.3, 0.4) is 0 Å². The molecule has 2 aliphatic heterocycles. The molecule has 2 amide bonds. The molecule has 0 aromatic heterocycles. The van der Waals surface area contributed by atoms with Gasteiger partial charge in [-0.1, -0.05) is 6.07 Å². The van der Waals surface area contributed by atoms with E-state index in [1.165, 1.54) is 12.1 Å². The van der Waals surface area contributed by atoms with Crippen LogP contribution < -0.4 is 5.32 Å². The summed E-state index contributed by atoms with van der Waals surface area (Å²) in [4.78, 5) is 29.0. The molecular formula is C19H26FN3O3. The molecule has 2 heterocycles. The van der Waals surface area contributed by atoms with Crippen LogP contribution in [0.15, 0.2) is 24.3 Å². The lowest BCUT2D eigenvalue weighted by atomic mass is 9.94. The van der Waals surface area contributed by atoms with E-state index in [2.05, 4.69) is 10.2 Å². The first-order valence-electron chi connectivity index (χ1n) is 9.21. The Balaban J connectivity index is 1.49. The number of benzene rings is 1. The van der Waals surface area contributed by atoms with Gasteiger partial charge < -0.3 is 15.0 Å². The van der Waals surface area contributed by atoms with Crippen molar-refractivity contribution in [1.29, 1.82) is 0 Å². The quantitative estimate of drug-likeness (QED) is 0.885. The fourth-order valence-corrected chi connectivity index (χ4v) is 3.55. The highest BCUT2D eigenvalue weighted by Crippen LogP contribution is 2.22. The van der Waals surface area contributed by atoms with Crippen molar-refractivity contribution >= 4 is 17.5 Å². The Morgan fingerprint density at radius 2 is 1.88 bits per heavy atom. The van der Waals surface area contributed by atoms with Gasteiger partial charge in [-0.25, -0.2) is 4.39 Å². The Morgan fingerprint density at radius 1 is 1.19 bits per heavy atom. The second-order valence-corrected chi connectivity index (χ2v) is 6.92. The molecular weight excluding hydrogens is 337 g/mol. The van der Waals surface area contributed by atoms with Crippen LogP contribution >= 0.6 is 0 Å². The van der Waals surface area contributed by atoms with Crippen LogP contribution in [-0.4, -0.2) is 67.0 Å². The maximum Gasteiger partial charge on any atom is 0.241 e. The Hall–Kier alpha value is -1.99. The van der Waals surface area contributed by atoms with Gasteiger partial charge in [0, 0.05) is 24.7 Å². The molecule has 1 aromatic rings. The molecule has 1 atom stereocenters. The minimum atomic E-state index is -0.377. The van der Waals surface area contributed by atoms with E-state index in [4.69, 9.17) is 4.74 Å². The topological polar surface area (TPSA) is 61.9 Å². The first kappa shape index (κ1) is 18.8. The number of carbonyl (C=O) groups excluding carboxylic acids is 2. The van der Waals surface area contributed by atoms with Crippen molar-refractivity contribution in [2.75, 3.05) is 44.7 Å². The number of piperidine rings is 1. The largest absolute Gasteiger partial charge is 0.378 e. The standard InChI is InChI=1S/C19H26FN3O3/c1-14(18(24)21-17-4-2-3-16(20)13-17)22-7-5-15(6-8-22)19(25)23-9-11-26-12-10-23/h2-4,13-15H,5-12H2,1H3,(H,21,24)/t14-/m0/s1. The minimum absolute atomic E-state index is 0.0304. The fraction of sp³-hybridized carbons (Fsp3) is 0.579. The Bertz CT molecular complexity index is 641. The maximum atomic E-state index is 13.2. The van der Waals surface area contributed by atoms with E-state index in [9.17, 15) is 14.0 Å². The summed E-state index contributed by atoms with van der Waals surface area (Å²) in [5.74, 6) is -0.293. The lowest BCUT2D eigenvalue weighted by molar-refractivity contribution is -0.141. The molecule has 0 bridgehead atoms. The predicted octanol–water partition coefficient (Wildman–Crippen LogP) is 1.72. The monoisotopic (exact) mass is 363 g/mol. The van der Waals surface area contributed by atoms with Crippen molar-refractivity contribution in [1.82, 2.24) is 9.80 Å². The van der Waals surface area contributed by atoms with Gasteiger partial charge >= 0.3 is 0 Å². The van der Waals surface area contributed by atoms with Crippen molar-refractivity contribution in [3.63, 3.8) is 0 Å². The normalized spacial score (nSPS) is 20.6. The van der Waals surface area contributed by atoms with Crippen LogP contribution in [-0.2, 0) is 14.3 Å². The molecule has 0 aliphatic carbocycles. The van der Waals surface area contributed by atoms with Crippen molar-refractivity contribution in [2.45, 2.75) is 25.8 Å². The summed E-state index contributed by atoms with van der Waals surface area (Å²) >= 11 is 0. The molecule has 1 aromatic carbocycles. The van der Waals surface area contributed by atoms with E-state index < -0.39 is 0 Å². The molecule has 0 saturated carbocycles. The van der Waals surface area contributed by atoms with Gasteiger partial charge in [-0.3, -0.25) is 14.5 Å². The molecule has 26 heavy (non-hydrogen) atoms. The molecule has 3 rings (SSSR count). The number of anilines is 1. The van der Waals surface area contributed by atoms with Gasteiger partial charge in [0.05, 0.1) is 19.3 Å². The molecule has 2 fully saturated rings. The highest BCUT2D eigenvalue weighted by molar-refractivity contribution is 5.94. The van der Waals surface area contributed by atoms with Gasteiger partial charge in [0.2, 0.25) is 11.8 Å². The second kappa shape index (κ2) is 8.60. The number of likely N-dealkylation sites (tertiary alicyclic amines) is 1. The zero-order chi connectivity index (χ0) is 18.5. The first-order valence-corrected chi connectivity index (χ1v) is 9.21. The molecule has 1 N–H and O–H groups in total. The number of nitrogens with zero attached hydrogens (tertiary/aromatic N) is 2. The number of hydrogen-bond acceptors (Lipinski definition) is 4. The zero-order valence-corrected chi connectivity index (χ0v) is 15.1. The Kier molecular flexibility index (Phi) is 6.21. The number of rotatable bonds is 4. The maximum absolute atomic E-state index is 13.2. The summed E-state index contributed by atoms with van der Waals surface area (Å²) in [6.45, 7) is 5.83. The first-order chi connectivity index (χ1) is 12.5. The zero-order valence-electron chi connectivity index (χ0n) is 15.1. The summed E-state index contributed by atoms with van der Waals surface area (Å²) in [6, 6.07) is 5.56. The number of nitrogens with one attached hydrogen (secondary N) is 1. The van der Waals surface area contributed by atoms with Gasteiger partial charge in [0.15, 0.2) is 0 Å². The van der Waals surface area contributed by atoms with E-state index in [-0.39, 0.29) is 29.6 Å². The second-order valence-electron chi connectivity index (χ2n) is 6.92. The number of carbonyl (C=O) groups is 2. The highest BCUT2D eigenvalue weighted by Gasteiger charge is 2.32. The summed E-state index contributed by atoms with van der Waals surface area (Å²) in [5, 5.41) is 2.76. The Morgan fingerprint density at radius 3 is 2.54 bits per heavy atom. The van der Waals surface area contributed by atoms with Crippen molar-refractivity contribution < 1.29 is 18.7 Å². The van der Waals surface area contributed by atoms with Crippen LogP contribution in [0, 0.1) is 11.7 Å². The van der Waals surface area contributed by atoms with E-state index in [1.807, 2.05) is 11.8 Å². The molecule has 7 heteroatoms. The van der Waals surface area contributed by atoms with E-state index >= 15 is 0 Å². The molecule has 2 saturated heterocycles. The third kappa shape index (κ3) is 4.59. The molecule has 2 aliphatic rings. The summed E-state index contributed by atoms with van der Waals surface area (Å²) in [6.07, 6.45) is 1.52. The number of hydrogen-bond donors (Lipinski definition) is 1. The van der Waals surface area contributed by atoms with Crippen molar-refractivity contribution in [3.8, 4) is 0 Å². The highest BCUT2D eigenvalue weighted by atomic mass is 19.1. The number of amides is 2. The lowest BCUT2D eigenvalue weighted by Gasteiger charge is -2.37. The third-order valence-corrected chi connectivity index (χ3v) is 5.22. The minimum Gasteiger partial charge on any atom is -0.378 e. The third-order valence-electron chi connectivity index (χ3n) is 5.22. The van der Waals surface area contributed by atoms with Crippen LogP contribution in [0.5, 0.6) is 0 Å². The average Bonchev–Trinajstić information content (AvgIpc) is 2.67. The number of halogens is 1. The molecule has 6 nitrogen and oxygen atoms in total. The van der Waals surface area contributed by atoms with Gasteiger partial charge in [-0.2, -0.15) is 0 Å². The van der Waals surface area contributed by atoms with Gasteiger partial charge in [0.25, 0.3) is 0 Å². The smallest absolute Gasteiger partial charge is 0.241 e. The summed E-state index contributed by atoms with van der Waals surface area (Å²) in [5.41, 5.74) is 0.458. The van der Waals surface area contributed by atoms with E-state index in [1.54, 1.807) is 12.1 Å². The van der Waals surface area contributed by atoms with Gasteiger partial charge in [-0.15, -0.1) is 0 Å². The SMILES string of the molecule is C[C@@H](C(=O)Nc1cccc(F)c1)N1CCC(C(=O)N2CCOCC2)CC1. The van der Waals surface area contributed by atoms with Gasteiger partial charge in [0.1, 0.15) is 5.82 Å². The van der Waals surface area contributed by atoms with Crippen LogP contribution in [0.1, 0.15) is 19.8 Å². The number of ether oxygens (including phenoxy) is 1.